The topological polar surface area (TPSA) is 60.4 Å². The fourth-order valence-corrected chi connectivity index (χ4v) is 0.835. The van der Waals surface area contributed by atoms with Crippen LogP contribution in [0.3, 0.4) is 0 Å². The van der Waals surface area contributed by atoms with Crippen LogP contribution in [0.5, 0.6) is 0 Å². The zero-order valence-corrected chi connectivity index (χ0v) is 7.73. The number of carbonyl (C=O) groups is 1. The Labute approximate surface area is 81.5 Å². The van der Waals surface area contributed by atoms with Gasteiger partial charge >= 0.3 is 12.1 Å². The summed E-state index contributed by atoms with van der Waals surface area (Å²) in [6.45, 7) is 0. The van der Waals surface area contributed by atoms with Crippen LogP contribution in [0, 0.1) is 0 Å². The van der Waals surface area contributed by atoms with Crippen LogP contribution in [0.1, 0.15) is 5.56 Å². The summed E-state index contributed by atoms with van der Waals surface area (Å²) in [7, 11) is 1.39. The minimum Gasteiger partial charge on any atom is -0.469 e. The molecule has 0 aliphatic rings. The Balaban J connectivity index is 0.000000500. The molecule has 4 nitrogen and oxygen atoms in total. The maximum absolute atomic E-state index is 10.8. The highest BCUT2D eigenvalue weighted by Crippen LogP contribution is 1.99. The molecule has 0 bridgehead atoms. The molecule has 0 amide bonds. The lowest BCUT2D eigenvalue weighted by Gasteiger charge is -1.97. The van der Waals surface area contributed by atoms with E-state index in [1.807, 2.05) is 30.3 Å². The molecule has 0 N–H and O–H groups in total. The van der Waals surface area contributed by atoms with Gasteiger partial charge in [0.25, 0.3) is 0 Å². The molecule has 0 radical (unpaired) electrons. The Kier molecular flexibility index (Phi) is 6.64. The van der Waals surface area contributed by atoms with Crippen molar-refractivity contribution in [2.75, 3.05) is 7.11 Å². The SMILES string of the molecule is COC(=O)Cc1ccccc1.O=C=O. The molecule has 0 aliphatic carbocycles. The molecule has 0 unspecified atom stereocenters. The van der Waals surface area contributed by atoms with Crippen molar-refractivity contribution >= 4 is 12.1 Å². The second kappa shape index (κ2) is 7.71. The van der Waals surface area contributed by atoms with Crippen LogP contribution in [0.2, 0.25) is 0 Å². The van der Waals surface area contributed by atoms with Crippen molar-refractivity contribution in [3.05, 3.63) is 35.9 Å². The van der Waals surface area contributed by atoms with E-state index in [2.05, 4.69) is 4.74 Å². The summed E-state index contributed by atoms with van der Waals surface area (Å²) >= 11 is 0. The molecular weight excluding hydrogens is 184 g/mol. The molecule has 0 atom stereocenters. The van der Waals surface area contributed by atoms with Gasteiger partial charge in [-0.2, -0.15) is 9.59 Å². The monoisotopic (exact) mass is 194 g/mol. The van der Waals surface area contributed by atoms with E-state index in [1.165, 1.54) is 7.11 Å². The average molecular weight is 194 g/mol. The molecular formula is C10H10O4. The third kappa shape index (κ3) is 5.69. The summed E-state index contributed by atoms with van der Waals surface area (Å²) < 4.78 is 4.52. The van der Waals surface area contributed by atoms with Crippen molar-refractivity contribution in [3.63, 3.8) is 0 Å². The van der Waals surface area contributed by atoms with Gasteiger partial charge in [0.1, 0.15) is 0 Å². The Hall–Kier alpha value is -1.93. The molecule has 4 heteroatoms. The molecule has 0 spiro atoms. The fraction of sp³-hybridized carbons (Fsp3) is 0.200. The van der Waals surface area contributed by atoms with Crippen molar-refractivity contribution in [1.82, 2.24) is 0 Å². The van der Waals surface area contributed by atoms with Gasteiger partial charge in [-0.1, -0.05) is 30.3 Å². The van der Waals surface area contributed by atoms with Crippen molar-refractivity contribution in [3.8, 4) is 0 Å². The zero-order chi connectivity index (χ0) is 10.8. The van der Waals surface area contributed by atoms with E-state index in [1.54, 1.807) is 0 Å². The predicted octanol–water partition coefficient (Wildman–Crippen LogP) is 0.819. The first-order chi connectivity index (χ1) is 6.74. The molecule has 1 aromatic carbocycles. The standard InChI is InChI=1S/C9H10O2.CO2/c1-11-9(10)7-8-5-3-2-4-6-8;2-1-3/h2-6H,7H2,1H3;. The first kappa shape index (κ1) is 12.1. The Morgan fingerprint density at radius 2 is 1.79 bits per heavy atom. The molecule has 1 rings (SSSR count). The number of hydrogen-bond donors (Lipinski definition) is 0. The first-order valence-electron chi connectivity index (χ1n) is 3.84. The van der Waals surface area contributed by atoms with Crippen molar-refractivity contribution in [2.24, 2.45) is 0 Å². The van der Waals surface area contributed by atoms with Gasteiger partial charge in [0, 0.05) is 0 Å². The van der Waals surface area contributed by atoms with Crippen LogP contribution in [0.4, 0.5) is 0 Å². The van der Waals surface area contributed by atoms with Crippen LogP contribution >= 0.6 is 0 Å². The number of ether oxygens (including phenoxy) is 1. The number of hydrogen-bond acceptors (Lipinski definition) is 4. The lowest BCUT2D eigenvalue weighted by atomic mass is 10.2. The summed E-state index contributed by atoms with van der Waals surface area (Å²) in [5.41, 5.74) is 0.986. The maximum Gasteiger partial charge on any atom is 0.373 e. The van der Waals surface area contributed by atoms with E-state index in [0.717, 1.165) is 5.56 Å². The second-order valence-corrected chi connectivity index (χ2v) is 2.32. The highest BCUT2D eigenvalue weighted by atomic mass is 16.5. The summed E-state index contributed by atoms with van der Waals surface area (Å²) in [5.74, 6) is -0.198. The smallest absolute Gasteiger partial charge is 0.373 e. The van der Waals surface area contributed by atoms with Crippen LogP contribution in [-0.2, 0) is 25.5 Å². The van der Waals surface area contributed by atoms with Crippen LogP contribution < -0.4 is 0 Å². The van der Waals surface area contributed by atoms with Crippen molar-refractivity contribution in [2.45, 2.75) is 6.42 Å². The molecule has 0 fully saturated rings. The van der Waals surface area contributed by atoms with E-state index in [-0.39, 0.29) is 12.1 Å². The molecule has 74 valence electrons. The van der Waals surface area contributed by atoms with Gasteiger partial charge in [0.05, 0.1) is 13.5 Å². The number of rotatable bonds is 2. The van der Waals surface area contributed by atoms with Crippen LogP contribution in [0.25, 0.3) is 0 Å². The average Bonchev–Trinajstić information content (AvgIpc) is 2.20. The summed E-state index contributed by atoms with van der Waals surface area (Å²) in [6, 6.07) is 9.52. The number of esters is 1. The van der Waals surface area contributed by atoms with E-state index < -0.39 is 0 Å². The van der Waals surface area contributed by atoms with Gasteiger partial charge in [-0.05, 0) is 5.56 Å². The summed E-state index contributed by atoms with van der Waals surface area (Å²) in [5, 5.41) is 0. The fourth-order valence-electron chi connectivity index (χ4n) is 0.835. The maximum atomic E-state index is 10.8. The lowest BCUT2D eigenvalue weighted by molar-refractivity contribution is -0.191. The van der Waals surface area contributed by atoms with Gasteiger partial charge in [0.2, 0.25) is 0 Å². The van der Waals surface area contributed by atoms with Crippen molar-refractivity contribution in [1.29, 1.82) is 0 Å². The number of benzene rings is 1. The van der Waals surface area contributed by atoms with E-state index in [0.29, 0.717) is 6.42 Å². The largest absolute Gasteiger partial charge is 0.469 e. The van der Waals surface area contributed by atoms with E-state index in [4.69, 9.17) is 9.59 Å². The molecule has 14 heavy (non-hydrogen) atoms. The molecule has 0 aromatic heterocycles. The van der Waals surface area contributed by atoms with Crippen LogP contribution in [-0.4, -0.2) is 19.2 Å². The minimum absolute atomic E-state index is 0.198. The van der Waals surface area contributed by atoms with E-state index in [9.17, 15) is 4.79 Å². The Bertz CT molecular complexity index is 299. The Morgan fingerprint density at radius 3 is 2.21 bits per heavy atom. The van der Waals surface area contributed by atoms with Gasteiger partial charge in [0.15, 0.2) is 0 Å². The first-order valence-corrected chi connectivity index (χ1v) is 3.84. The number of methoxy groups -OCH3 is 1. The van der Waals surface area contributed by atoms with Gasteiger partial charge in [-0.25, -0.2) is 0 Å². The van der Waals surface area contributed by atoms with Gasteiger partial charge in [-0.15, -0.1) is 0 Å². The quantitative estimate of drug-likeness (QED) is 0.654. The molecule has 0 saturated carbocycles. The third-order valence-corrected chi connectivity index (χ3v) is 1.42. The minimum atomic E-state index is -0.198. The zero-order valence-electron chi connectivity index (χ0n) is 7.73. The molecule has 0 saturated heterocycles. The predicted molar refractivity (Wildman–Crippen MR) is 47.2 cm³/mol. The second-order valence-electron chi connectivity index (χ2n) is 2.32. The van der Waals surface area contributed by atoms with Gasteiger partial charge in [-0.3, -0.25) is 4.79 Å². The van der Waals surface area contributed by atoms with E-state index >= 15 is 0 Å². The normalized spacial score (nSPS) is 7.79. The summed E-state index contributed by atoms with van der Waals surface area (Å²) in [4.78, 5) is 27.0. The number of carbonyl (C=O) groups excluding carboxylic acids is 3. The highest BCUT2D eigenvalue weighted by Gasteiger charge is 1.99. The molecule has 1 aromatic rings. The van der Waals surface area contributed by atoms with Crippen LogP contribution in [0.15, 0.2) is 30.3 Å². The highest BCUT2D eigenvalue weighted by molar-refractivity contribution is 5.72. The Morgan fingerprint density at radius 1 is 1.29 bits per heavy atom. The summed E-state index contributed by atoms with van der Waals surface area (Å²) in [6.07, 6.45) is 0.608. The molecule has 0 aliphatic heterocycles. The third-order valence-electron chi connectivity index (χ3n) is 1.42. The van der Waals surface area contributed by atoms with Gasteiger partial charge < -0.3 is 4.74 Å². The molecule has 0 heterocycles. The lowest BCUT2D eigenvalue weighted by Crippen LogP contribution is -2.03. The van der Waals surface area contributed by atoms with Crippen molar-refractivity contribution < 1.29 is 19.1 Å².